The van der Waals surface area contributed by atoms with Crippen LogP contribution in [-0.2, 0) is 28.6 Å². The van der Waals surface area contributed by atoms with Crippen LogP contribution >= 0.6 is 0 Å². The predicted molar refractivity (Wildman–Crippen MR) is 306 cm³/mol. The molecule has 0 aliphatic carbocycles. The Balaban J connectivity index is 4.68. The number of carbonyl (C=O) groups is 3. The first-order valence-corrected chi connectivity index (χ1v) is 26.8. The average Bonchev–Trinajstić information content (AvgIpc) is 3.37. The molecule has 0 bridgehead atoms. The van der Waals surface area contributed by atoms with Gasteiger partial charge in [-0.05, 0) is 77.0 Å². The molecule has 6 nitrogen and oxygen atoms in total. The van der Waals surface area contributed by atoms with Crippen molar-refractivity contribution < 1.29 is 28.6 Å². The fourth-order valence-corrected chi connectivity index (χ4v) is 6.29. The molecule has 0 spiro atoms. The van der Waals surface area contributed by atoms with Crippen LogP contribution in [0.5, 0.6) is 0 Å². The Morgan fingerprint density at radius 1 is 0.282 bits per heavy atom. The normalized spacial score (nSPS) is 13.8. The number of rotatable bonds is 44. The number of carbonyl (C=O) groups excluding carboxylic acids is 3. The van der Waals surface area contributed by atoms with Crippen molar-refractivity contribution in [2.24, 2.45) is 0 Å². The van der Waals surface area contributed by atoms with E-state index in [1.807, 2.05) is 146 Å². The standard InChI is InChI=1S/C65H92O6/c1-4-7-10-13-16-19-22-25-28-30-32-34-37-40-43-46-49-52-55-58-64(67)70-61-62(60-69-63(66)57-54-51-48-45-42-39-36-27-24-21-18-15-12-9-6-3)71-65(68)59-56-53-50-47-44-41-38-35-33-31-29-26-23-20-17-14-11-8-5-2/h7-26,28-35,37-38,40-41,43-44,62H,4-6,27,36,39,42,45-61H2,1-3H3/b10-7-,11-8-,12-9-,16-13-,17-14-,18-15-,22-19-,23-20-,24-21-,28-25-,29-26-,32-30+,33-31+,37-34-,38-35-,43-40-,44-41-. The molecule has 0 saturated heterocycles. The molecule has 0 N–H and O–H groups in total. The van der Waals surface area contributed by atoms with Gasteiger partial charge < -0.3 is 14.2 Å². The van der Waals surface area contributed by atoms with Gasteiger partial charge in [0.1, 0.15) is 13.2 Å². The third-order valence-electron chi connectivity index (χ3n) is 10.2. The van der Waals surface area contributed by atoms with E-state index >= 15 is 0 Å². The lowest BCUT2D eigenvalue weighted by Gasteiger charge is -2.18. The van der Waals surface area contributed by atoms with Gasteiger partial charge in [0.15, 0.2) is 6.10 Å². The van der Waals surface area contributed by atoms with Crippen molar-refractivity contribution in [3.05, 3.63) is 207 Å². The van der Waals surface area contributed by atoms with Crippen LogP contribution in [0, 0.1) is 0 Å². The van der Waals surface area contributed by atoms with E-state index in [-0.39, 0.29) is 44.0 Å². The molecular weight excluding hydrogens is 877 g/mol. The van der Waals surface area contributed by atoms with E-state index < -0.39 is 6.10 Å². The monoisotopic (exact) mass is 969 g/mol. The third kappa shape index (κ3) is 54.8. The highest BCUT2D eigenvalue weighted by Crippen LogP contribution is 2.12. The van der Waals surface area contributed by atoms with E-state index in [0.717, 1.165) is 89.9 Å². The molecule has 0 aromatic rings. The SMILES string of the molecule is CC\C=C/C=C\C=C/C=C\C=C\C=C/C=C\CCCCCC(=O)OCC(COC(=O)CCCCCCCCC\C=C/C=C\C=C/CC)OC(=O)CCCCC\C=C/C=C\C=C\C=C/C=C\C=C/C=C\CC. The fraction of sp³-hybridized carbons (Fsp3) is 0.431. The van der Waals surface area contributed by atoms with Crippen molar-refractivity contribution in [2.75, 3.05) is 13.2 Å². The maximum atomic E-state index is 12.8. The highest BCUT2D eigenvalue weighted by Gasteiger charge is 2.19. The summed E-state index contributed by atoms with van der Waals surface area (Å²) in [5.74, 6) is -1.05. The molecule has 0 rings (SSSR count). The van der Waals surface area contributed by atoms with Crippen molar-refractivity contribution in [3.63, 3.8) is 0 Å². The zero-order valence-corrected chi connectivity index (χ0v) is 44.1. The molecule has 0 aliphatic heterocycles. The highest BCUT2D eigenvalue weighted by molar-refractivity contribution is 5.71. The summed E-state index contributed by atoms with van der Waals surface area (Å²) in [6, 6.07) is 0. The molecule has 0 aromatic heterocycles. The molecule has 0 aromatic carbocycles. The maximum absolute atomic E-state index is 12.8. The zero-order valence-electron chi connectivity index (χ0n) is 44.1. The molecule has 1 atom stereocenters. The van der Waals surface area contributed by atoms with E-state index in [0.29, 0.717) is 19.3 Å². The summed E-state index contributed by atoms with van der Waals surface area (Å²) in [5, 5.41) is 0. The van der Waals surface area contributed by atoms with E-state index in [4.69, 9.17) is 14.2 Å². The van der Waals surface area contributed by atoms with Crippen LogP contribution in [0.4, 0.5) is 0 Å². The van der Waals surface area contributed by atoms with Crippen molar-refractivity contribution >= 4 is 17.9 Å². The van der Waals surface area contributed by atoms with Gasteiger partial charge in [-0.25, -0.2) is 0 Å². The predicted octanol–water partition coefficient (Wildman–Crippen LogP) is 18.1. The molecule has 0 aliphatic rings. The molecule has 0 radical (unpaired) electrons. The van der Waals surface area contributed by atoms with Crippen molar-refractivity contribution in [3.8, 4) is 0 Å². The average molecular weight is 969 g/mol. The van der Waals surface area contributed by atoms with Crippen molar-refractivity contribution in [1.82, 2.24) is 0 Å². The van der Waals surface area contributed by atoms with Gasteiger partial charge in [-0.15, -0.1) is 0 Å². The van der Waals surface area contributed by atoms with Gasteiger partial charge in [0, 0.05) is 19.3 Å². The molecule has 0 saturated carbocycles. The summed E-state index contributed by atoms with van der Waals surface area (Å²) >= 11 is 0. The lowest BCUT2D eigenvalue weighted by Crippen LogP contribution is -2.30. The first-order valence-electron chi connectivity index (χ1n) is 26.8. The Morgan fingerprint density at radius 2 is 0.507 bits per heavy atom. The second-order valence-corrected chi connectivity index (χ2v) is 16.7. The summed E-state index contributed by atoms with van der Waals surface area (Å²) in [7, 11) is 0. The number of hydrogen-bond acceptors (Lipinski definition) is 6. The lowest BCUT2D eigenvalue weighted by molar-refractivity contribution is -0.167. The fourth-order valence-electron chi connectivity index (χ4n) is 6.29. The Kier molecular flexibility index (Phi) is 51.8. The Bertz CT molecular complexity index is 1830. The minimum Gasteiger partial charge on any atom is -0.462 e. The highest BCUT2D eigenvalue weighted by atomic mass is 16.6. The summed E-state index contributed by atoms with van der Waals surface area (Å²) < 4.78 is 16.7. The van der Waals surface area contributed by atoms with E-state index in [1.54, 1.807) is 0 Å². The minimum atomic E-state index is -0.841. The number of unbranched alkanes of at least 4 members (excludes halogenated alkanes) is 13. The van der Waals surface area contributed by atoms with Crippen LogP contribution in [-0.4, -0.2) is 37.2 Å². The van der Waals surface area contributed by atoms with Crippen molar-refractivity contribution in [1.29, 1.82) is 0 Å². The number of hydrogen-bond donors (Lipinski definition) is 0. The van der Waals surface area contributed by atoms with Crippen LogP contribution in [0.2, 0.25) is 0 Å². The largest absolute Gasteiger partial charge is 0.462 e. The molecule has 6 heteroatoms. The number of ether oxygens (including phenoxy) is 3. The van der Waals surface area contributed by atoms with Crippen LogP contribution in [0.15, 0.2) is 207 Å². The molecule has 1 unspecified atom stereocenters. The quantitative estimate of drug-likeness (QED) is 0.0262. The third-order valence-corrected chi connectivity index (χ3v) is 10.2. The van der Waals surface area contributed by atoms with Crippen LogP contribution in [0.1, 0.15) is 162 Å². The van der Waals surface area contributed by atoms with Gasteiger partial charge in [-0.3, -0.25) is 14.4 Å². The topological polar surface area (TPSA) is 78.9 Å². The van der Waals surface area contributed by atoms with Gasteiger partial charge in [0.25, 0.3) is 0 Å². The Morgan fingerprint density at radius 3 is 0.803 bits per heavy atom. The second-order valence-electron chi connectivity index (χ2n) is 16.7. The molecule has 0 fully saturated rings. The van der Waals surface area contributed by atoms with Gasteiger partial charge in [-0.2, -0.15) is 0 Å². The van der Waals surface area contributed by atoms with Gasteiger partial charge >= 0.3 is 17.9 Å². The van der Waals surface area contributed by atoms with E-state index in [2.05, 4.69) is 81.5 Å². The summed E-state index contributed by atoms with van der Waals surface area (Å²) in [6.07, 6.45) is 87.9. The smallest absolute Gasteiger partial charge is 0.306 e. The van der Waals surface area contributed by atoms with E-state index in [9.17, 15) is 14.4 Å². The summed E-state index contributed by atoms with van der Waals surface area (Å²) in [5.41, 5.74) is 0. The molecule has 388 valence electrons. The Labute approximate surface area is 432 Å². The van der Waals surface area contributed by atoms with Gasteiger partial charge in [0.2, 0.25) is 0 Å². The number of esters is 3. The zero-order chi connectivity index (χ0) is 51.4. The minimum absolute atomic E-state index is 0.132. The summed E-state index contributed by atoms with van der Waals surface area (Å²) in [4.78, 5) is 38.1. The van der Waals surface area contributed by atoms with Crippen molar-refractivity contribution in [2.45, 2.75) is 168 Å². The second kappa shape index (κ2) is 56.6. The first kappa shape index (κ1) is 65.0. The first-order chi connectivity index (χ1) is 35.0. The van der Waals surface area contributed by atoms with E-state index in [1.165, 1.54) is 19.3 Å². The lowest BCUT2D eigenvalue weighted by atomic mass is 10.1. The molecule has 71 heavy (non-hydrogen) atoms. The molecule has 0 heterocycles. The maximum Gasteiger partial charge on any atom is 0.306 e. The Hall–Kier alpha value is -6.01. The van der Waals surface area contributed by atoms with Gasteiger partial charge in [-0.1, -0.05) is 272 Å². The molecule has 0 amide bonds. The van der Waals surface area contributed by atoms with Crippen LogP contribution < -0.4 is 0 Å². The van der Waals surface area contributed by atoms with Gasteiger partial charge in [0.05, 0.1) is 0 Å². The van der Waals surface area contributed by atoms with Crippen LogP contribution in [0.3, 0.4) is 0 Å². The molecular formula is C65H92O6. The van der Waals surface area contributed by atoms with Crippen LogP contribution in [0.25, 0.3) is 0 Å². The summed E-state index contributed by atoms with van der Waals surface area (Å²) in [6.45, 7) is 6.09. The number of allylic oxidation sites excluding steroid dienone is 34.